The van der Waals surface area contributed by atoms with E-state index in [0.29, 0.717) is 55.7 Å². The van der Waals surface area contributed by atoms with Crippen molar-refractivity contribution >= 4 is 35.3 Å². The second-order valence-electron chi connectivity index (χ2n) is 10.5. The van der Waals surface area contributed by atoms with Crippen LogP contribution in [0.3, 0.4) is 0 Å². The molecule has 2 aliphatic rings. The highest BCUT2D eigenvalue weighted by Crippen LogP contribution is 2.32. The van der Waals surface area contributed by atoms with Crippen molar-refractivity contribution in [1.82, 2.24) is 19.8 Å². The maximum Gasteiger partial charge on any atom is 0.328 e. The maximum absolute atomic E-state index is 13.5. The Morgan fingerprint density at radius 1 is 1.17 bits per heavy atom. The molecule has 1 aromatic carbocycles. The van der Waals surface area contributed by atoms with E-state index < -0.39 is 0 Å². The first-order valence-corrected chi connectivity index (χ1v) is 15.1. The Kier molecular flexibility index (Phi) is 9.56. The number of nitrogens with zero attached hydrogens (tertiary/aromatic N) is 6. The van der Waals surface area contributed by atoms with Crippen LogP contribution in [0.4, 0.5) is 16.4 Å². The van der Waals surface area contributed by atoms with E-state index >= 15 is 0 Å². The molecule has 1 saturated heterocycles. The van der Waals surface area contributed by atoms with Gasteiger partial charge in [0.05, 0.1) is 25.8 Å². The average molecular weight is 586 g/mol. The summed E-state index contributed by atoms with van der Waals surface area (Å²) < 4.78 is 5.61. The lowest BCUT2D eigenvalue weighted by Gasteiger charge is -2.33. The van der Waals surface area contributed by atoms with Crippen LogP contribution in [0, 0.1) is 11.3 Å². The third kappa shape index (κ3) is 7.01. The first-order valence-electron chi connectivity index (χ1n) is 14.1. The standard InChI is InChI=1S/C31H35N7O3S/c1-36-13-14-37(28(39)21-36)20-24-16-23-8-6-12-38(29(23)35-30(24)41-2)31(40)34-27-17-22(25(18-32)19-33-27)9-7-15-42-26-10-4-3-5-11-26/h3-5,10-11,16-17,19H,6-9,12-15,20-21H2,1-2H3,(H,33,34,40). The van der Waals surface area contributed by atoms with E-state index in [4.69, 9.17) is 9.72 Å². The number of aryl methyl sites for hydroxylation is 2. The third-order valence-electron chi connectivity index (χ3n) is 7.46. The van der Waals surface area contributed by atoms with Crippen LogP contribution in [0.15, 0.2) is 53.6 Å². The highest BCUT2D eigenvalue weighted by atomic mass is 32.2. The minimum atomic E-state index is -0.338. The molecule has 1 N–H and O–H groups in total. The Morgan fingerprint density at radius 2 is 2.00 bits per heavy atom. The van der Waals surface area contributed by atoms with Crippen molar-refractivity contribution in [3.8, 4) is 11.9 Å². The molecule has 0 unspecified atom stereocenters. The first-order chi connectivity index (χ1) is 20.4. The fourth-order valence-electron chi connectivity index (χ4n) is 5.23. The first kappa shape index (κ1) is 29.4. The molecule has 0 atom stereocenters. The number of thioether (sulfide) groups is 1. The van der Waals surface area contributed by atoms with E-state index in [1.54, 1.807) is 29.8 Å². The minimum absolute atomic E-state index is 0.0776. The highest BCUT2D eigenvalue weighted by molar-refractivity contribution is 7.99. The average Bonchev–Trinajstić information content (AvgIpc) is 3.00. The van der Waals surface area contributed by atoms with Gasteiger partial charge in [0.25, 0.3) is 0 Å². The lowest BCUT2D eigenvalue weighted by molar-refractivity contribution is -0.136. The Bertz CT molecular complexity index is 1480. The molecule has 0 saturated carbocycles. The van der Waals surface area contributed by atoms with Gasteiger partial charge in [0.15, 0.2) is 0 Å². The fraction of sp³-hybridized carbons (Fsp3) is 0.387. The Hall–Kier alpha value is -4.14. The number of pyridine rings is 2. The van der Waals surface area contributed by atoms with Crippen LogP contribution in [-0.4, -0.2) is 77.8 Å². The number of benzene rings is 1. The van der Waals surface area contributed by atoms with Gasteiger partial charge in [-0.3, -0.25) is 19.9 Å². The smallest absolute Gasteiger partial charge is 0.328 e. The summed E-state index contributed by atoms with van der Waals surface area (Å²) in [6, 6.07) is 15.9. The molecule has 4 heterocycles. The highest BCUT2D eigenvalue weighted by Gasteiger charge is 2.28. The molecular weight excluding hydrogens is 550 g/mol. The van der Waals surface area contributed by atoms with Crippen molar-refractivity contribution in [1.29, 1.82) is 5.26 Å². The molecule has 2 aliphatic heterocycles. The molecule has 218 valence electrons. The lowest BCUT2D eigenvalue weighted by Crippen LogP contribution is -2.48. The second-order valence-corrected chi connectivity index (χ2v) is 11.6. The quantitative estimate of drug-likeness (QED) is 0.291. The summed E-state index contributed by atoms with van der Waals surface area (Å²) in [5.74, 6) is 2.35. The lowest BCUT2D eigenvalue weighted by atomic mass is 10.0. The normalized spacial score (nSPS) is 15.2. The molecule has 10 nitrogen and oxygen atoms in total. The number of carbonyl (C=O) groups excluding carboxylic acids is 2. The SMILES string of the molecule is COc1nc2c(cc1CN1CCN(C)CC1=O)CCCN2C(=O)Nc1cc(CCCSc2ccccc2)c(C#N)cn1. The summed E-state index contributed by atoms with van der Waals surface area (Å²) in [6.07, 6.45) is 4.67. The number of ether oxygens (including phenoxy) is 1. The van der Waals surface area contributed by atoms with E-state index in [2.05, 4.69) is 28.5 Å². The van der Waals surface area contributed by atoms with Crippen molar-refractivity contribution in [2.45, 2.75) is 37.1 Å². The number of urea groups is 1. The van der Waals surface area contributed by atoms with Gasteiger partial charge in [-0.25, -0.2) is 9.78 Å². The largest absolute Gasteiger partial charge is 0.481 e. The van der Waals surface area contributed by atoms with Gasteiger partial charge >= 0.3 is 6.03 Å². The molecule has 2 aromatic heterocycles. The topological polar surface area (TPSA) is 115 Å². The van der Waals surface area contributed by atoms with Crippen molar-refractivity contribution in [3.63, 3.8) is 0 Å². The number of nitriles is 1. The number of amides is 3. The summed E-state index contributed by atoms with van der Waals surface area (Å²) >= 11 is 1.78. The van der Waals surface area contributed by atoms with Gasteiger partial charge in [-0.15, -0.1) is 11.8 Å². The third-order valence-corrected chi connectivity index (χ3v) is 8.56. The predicted molar refractivity (Wildman–Crippen MR) is 163 cm³/mol. The van der Waals surface area contributed by atoms with Crippen LogP contribution < -0.4 is 15.0 Å². The summed E-state index contributed by atoms with van der Waals surface area (Å²) in [4.78, 5) is 41.7. The van der Waals surface area contributed by atoms with Crippen molar-refractivity contribution in [2.24, 2.45) is 0 Å². The van der Waals surface area contributed by atoms with Crippen LogP contribution in [0.2, 0.25) is 0 Å². The molecule has 3 aromatic rings. The number of anilines is 2. The van der Waals surface area contributed by atoms with E-state index in [1.165, 1.54) is 11.1 Å². The Morgan fingerprint density at radius 3 is 2.76 bits per heavy atom. The number of methoxy groups -OCH3 is 1. The number of fused-ring (bicyclic) bond motifs is 1. The summed E-state index contributed by atoms with van der Waals surface area (Å²) in [5.41, 5.74) is 3.15. The van der Waals surface area contributed by atoms with Gasteiger partial charge in [-0.1, -0.05) is 18.2 Å². The molecular formula is C31H35N7O3S. The zero-order valence-electron chi connectivity index (χ0n) is 24.0. The summed E-state index contributed by atoms with van der Waals surface area (Å²) in [7, 11) is 3.49. The van der Waals surface area contributed by atoms with Crippen LogP contribution in [0.1, 0.15) is 35.1 Å². The maximum atomic E-state index is 13.5. The summed E-state index contributed by atoms with van der Waals surface area (Å²) in [5, 5.41) is 12.5. The van der Waals surface area contributed by atoms with Crippen LogP contribution in [0.5, 0.6) is 5.88 Å². The molecule has 1 fully saturated rings. The number of piperazine rings is 1. The molecule has 0 spiro atoms. The fourth-order valence-corrected chi connectivity index (χ4v) is 6.11. The molecule has 42 heavy (non-hydrogen) atoms. The van der Waals surface area contributed by atoms with Crippen LogP contribution in [0.25, 0.3) is 0 Å². The number of aromatic nitrogens is 2. The van der Waals surface area contributed by atoms with Gasteiger partial charge in [-0.2, -0.15) is 10.2 Å². The van der Waals surface area contributed by atoms with Crippen LogP contribution >= 0.6 is 11.8 Å². The van der Waals surface area contributed by atoms with Gasteiger partial charge in [0.1, 0.15) is 17.7 Å². The summed E-state index contributed by atoms with van der Waals surface area (Å²) in [6.45, 7) is 2.79. The van der Waals surface area contributed by atoms with Gasteiger partial charge in [0, 0.05) is 36.3 Å². The minimum Gasteiger partial charge on any atom is -0.481 e. The van der Waals surface area contributed by atoms with Crippen LogP contribution in [-0.2, 0) is 24.2 Å². The van der Waals surface area contributed by atoms with Crippen molar-refractivity contribution in [2.75, 3.05) is 56.3 Å². The van der Waals surface area contributed by atoms with Crippen molar-refractivity contribution < 1.29 is 14.3 Å². The zero-order chi connectivity index (χ0) is 29.5. The monoisotopic (exact) mass is 585 g/mol. The molecule has 3 amide bonds. The molecule has 0 radical (unpaired) electrons. The Labute approximate surface area is 250 Å². The van der Waals surface area contributed by atoms with Crippen molar-refractivity contribution in [3.05, 3.63) is 70.9 Å². The van der Waals surface area contributed by atoms with E-state index in [1.807, 2.05) is 41.1 Å². The predicted octanol–water partition coefficient (Wildman–Crippen LogP) is 4.34. The Balaban J connectivity index is 1.27. The molecule has 5 rings (SSSR count). The number of hydrogen-bond donors (Lipinski definition) is 1. The molecule has 0 bridgehead atoms. The number of likely N-dealkylation sites (N-methyl/N-ethyl adjacent to an activating group) is 1. The van der Waals surface area contributed by atoms with E-state index in [9.17, 15) is 14.9 Å². The van der Waals surface area contributed by atoms with E-state index in [0.717, 1.165) is 48.3 Å². The van der Waals surface area contributed by atoms with Gasteiger partial charge in [0.2, 0.25) is 11.8 Å². The number of rotatable bonds is 9. The van der Waals surface area contributed by atoms with Gasteiger partial charge < -0.3 is 9.64 Å². The molecule has 11 heteroatoms. The number of nitrogens with one attached hydrogen (secondary N) is 1. The zero-order valence-corrected chi connectivity index (χ0v) is 24.8. The van der Waals surface area contributed by atoms with E-state index in [-0.39, 0.29) is 11.9 Å². The second kappa shape index (κ2) is 13.7. The number of hydrogen-bond acceptors (Lipinski definition) is 8. The van der Waals surface area contributed by atoms with Gasteiger partial charge in [-0.05, 0) is 73.9 Å². The number of carbonyl (C=O) groups is 2. The molecule has 0 aliphatic carbocycles.